The lowest BCUT2D eigenvalue weighted by Crippen LogP contribution is -2.28. The molecule has 0 unspecified atom stereocenters. The van der Waals surface area contributed by atoms with Crippen LogP contribution in [0.2, 0.25) is 0 Å². The molecule has 248 valence electrons. The van der Waals surface area contributed by atoms with Crippen LogP contribution in [0.4, 0.5) is 17.1 Å². The van der Waals surface area contributed by atoms with Crippen LogP contribution in [-0.4, -0.2) is 0 Å². The van der Waals surface area contributed by atoms with Crippen LogP contribution >= 0.6 is 0 Å². The Morgan fingerprint density at radius 2 is 0.885 bits per heavy atom. The van der Waals surface area contributed by atoms with E-state index in [0.29, 0.717) is 0 Å². The Hall–Kier alpha value is -6.44. The smallest absolute Gasteiger partial charge is 0.0714 e. The Morgan fingerprint density at radius 3 is 1.54 bits per heavy atom. The van der Waals surface area contributed by atoms with Gasteiger partial charge in [0.25, 0.3) is 0 Å². The molecule has 0 saturated carbocycles. The molecule has 0 bridgehead atoms. The van der Waals surface area contributed by atoms with E-state index in [2.05, 4.69) is 219 Å². The molecular weight excluding hydrogens is 627 g/mol. The van der Waals surface area contributed by atoms with Crippen LogP contribution in [0.15, 0.2) is 200 Å². The first kappa shape index (κ1) is 31.5. The molecule has 9 rings (SSSR count). The molecule has 1 heteroatoms. The maximum Gasteiger partial charge on any atom is 0.0714 e. The summed E-state index contributed by atoms with van der Waals surface area (Å²) in [6, 6.07) is 73.3. The van der Waals surface area contributed by atoms with E-state index in [1.807, 2.05) is 0 Å². The number of hydrogen-bond donors (Lipinski definition) is 0. The Labute approximate surface area is 307 Å². The minimum absolute atomic E-state index is 0.474. The van der Waals surface area contributed by atoms with E-state index >= 15 is 0 Å². The number of rotatable bonds is 7. The molecule has 0 saturated heterocycles. The Balaban J connectivity index is 1.31. The van der Waals surface area contributed by atoms with Crippen molar-refractivity contribution in [3.63, 3.8) is 0 Å². The lowest BCUT2D eigenvalue weighted by atomic mass is 9.68. The lowest BCUT2D eigenvalue weighted by molar-refractivity contribution is 0.768. The average molecular weight is 666 g/mol. The molecule has 0 N–H and O–H groups in total. The van der Waals surface area contributed by atoms with Crippen molar-refractivity contribution in [2.75, 3.05) is 4.90 Å². The highest BCUT2D eigenvalue weighted by Crippen LogP contribution is 2.59. The molecule has 1 aliphatic rings. The van der Waals surface area contributed by atoms with Crippen LogP contribution in [-0.2, 0) is 5.41 Å². The Bertz CT molecular complexity index is 2480. The third-order valence-electron chi connectivity index (χ3n) is 10.8. The van der Waals surface area contributed by atoms with Crippen LogP contribution in [0, 0.1) is 13.8 Å². The molecule has 1 nitrogen and oxygen atoms in total. The highest BCUT2D eigenvalue weighted by atomic mass is 15.1. The number of hydrogen-bond acceptors (Lipinski definition) is 1. The van der Waals surface area contributed by atoms with Crippen molar-refractivity contribution in [1.82, 2.24) is 0 Å². The largest absolute Gasteiger partial charge is 0.310 e. The first-order valence-corrected chi connectivity index (χ1v) is 18.1. The molecule has 0 fully saturated rings. The molecule has 0 aliphatic heterocycles. The van der Waals surface area contributed by atoms with Gasteiger partial charge in [-0.1, -0.05) is 170 Å². The zero-order valence-corrected chi connectivity index (χ0v) is 29.5. The quantitative estimate of drug-likeness (QED) is 0.164. The number of benzene rings is 8. The molecule has 52 heavy (non-hydrogen) atoms. The summed E-state index contributed by atoms with van der Waals surface area (Å²) >= 11 is 0. The molecular formula is C51H39N. The number of anilines is 3. The van der Waals surface area contributed by atoms with Gasteiger partial charge in [0.1, 0.15) is 0 Å². The van der Waals surface area contributed by atoms with Crippen LogP contribution in [0.3, 0.4) is 0 Å². The standard InChI is InChI=1S/C51H39N/c1-36-17-12-13-24-44(36)45-34-33-43(35-37(45)2)52(42-31-29-39(30-32-42)38-18-6-3-7-19-38)49-28-16-27-48-50(49)46-25-14-15-26-47(46)51(48,40-20-8-4-9-21-40)41-22-10-5-11-23-41/h3-35H,1-2H3. The zero-order valence-electron chi connectivity index (χ0n) is 29.5. The molecule has 8 aromatic rings. The maximum absolute atomic E-state index is 2.46. The van der Waals surface area contributed by atoms with Gasteiger partial charge in [0.05, 0.1) is 11.1 Å². The van der Waals surface area contributed by atoms with Gasteiger partial charge in [-0.15, -0.1) is 0 Å². The third kappa shape index (κ3) is 5.09. The summed E-state index contributed by atoms with van der Waals surface area (Å²) in [7, 11) is 0. The van der Waals surface area contributed by atoms with Gasteiger partial charge < -0.3 is 4.90 Å². The van der Waals surface area contributed by atoms with Crippen molar-refractivity contribution in [3.8, 4) is 33.4 Å². The second kappa shape index (κ2) is 13.0. The zero-order chi connectivity index (χ0) is 35.1. The molecule has 0 radical (unpaired) electrons. The number of aryl methyl sites for hydroxylation is 2. The van der Waals surface area contributed by atoms with Crippen molar-refractivity contribution in [1.29, 1.82) is 0 Å². The first-order valence-electron chi connectivity index (χ1n) is 18.1. The van der Waals surface area contributed by atoms with Gasteiger partial charge in [-0.3, -0.25) is 0 Å². The van der Waals surface area contributed by atoms with Gasteiger partial charge in [-0.25, -0.2) is 0 Å². The summed E-state index contributed by atoms with van der Waals surface area (Å²) in [4.78, 5) is 2.46. The highest BCUT2D eigenvalue weighted by molar-refractivity contribution is 5.97. The van der Waals surface area contributed by atoms with E-state index in [1.165, 1.54) is 66.8 Å². The van der Waals surface area contributed by atoms with Gasteiger partial charge in [0.2, 0.25) is 0 Å². The SMILES string of the molecule is Cc1ccccc1-c1ccc(N(c2ccc(-c3ccccc3)cc2)c2cccc3c2-c2ccccc2C3(c2ccccc2)c2ccccc2)cc1C. The first-order chi connectivity index (χ1) is 25.6. The predicted octanol–water partition coefficient (Wildman–Crippen LogP) is 13.5. The summed E-state index contributed by atoms with van der Waals surface area (Å²) in [5.41, 5.74) is 18.1. The molecule has 0 atom stereocenters. The topological polar surface area (TPSA) is 3.24 Å². The highest BCUT2D eigenvalue weighted by Gasteiger charge is 2.47. The van der Waals surface area contributed by atoms with Crippen molar-refractivity contribution in [2.45, 2.75) is 19.3 Å². The molecule has 1 aliphatic carbocycles. The third-order valence-corrected chi connectivity index (χ3v) is 10.8. The van der Waals surface area contributed by atoms with E-state index in [1.54, 1.807) is 0 Å². The molecule has 0 amide bonds. The fourth-order valence-electron chi connectivity index (χ4n) is 8.49. The average Bonchev–Trinajstić information content (AvgIpc) is 3.51. The van der Waals surface area contributed by atoms with Gasteiger partial charge >= 0.3 is 0 Å². The summed E-state index contributed by atoms with van der Waals surface area (Å²) in [6.45, 7) is 4.43. The lowest BCUT2D eigenvalue weighted by Gasteiger charge is -2.34. The van der Waals surface area contributed by atoms with Gasteiger partial charge in [-0.2, -0.15) is 0 Å². The van der Waals surface area contributed by atoms with E-state index in [0.717, 1.165) is 17.1 Å². The minimum Gasteiger partial charge on any atom is -0.310 e. The van der Waals surface area contributed by atoms with Crippen molar-refractivity contribution >= 4 is 17.1 Å². The Morgan fingerprint density at radius 1 is 0.365 bits per heavy atom. The Kier molecular flexibility index (Phi) is 7.90. The molecule has 0 heterocycles. The van der Waals surface area contributed by atoms with Crippen molar-refractivity contribution in [2.24, 2.45) is 0 Å². The van der Waals surface area contributed by atoms with E-state index in [9.17, 15) is 0 Å². The molecule has 0 spiro atoms. The summed E-state index contributed by atoms with van der Waals surface area (Å²) < 4.78 is 0. The minimum atomic E-state index is -0.474. The van der Waals surface area contributed by atoms with Crippen LogP contribution in [0.5, 0.6) is 0 Å². The summed E-state index contributed by atoms with van der Waals surface area (Å²) in [5, 5.41) is 0. The van der Waals surface area contributed by atoms with E-state index in [4.69, 9.17) is 0 Å². The maximum atomic E-state index is 2.46. The van der Waals surface area contributed by atoms with Crippen molar-refractivity contribution < 1.29 is 0 Å². The van der Waals surface area contributed by atoms with Crippen LogP contribution in [0.25, 0.3) is 33.4 Å². The summed E-state index contributed by atoms with van der Waals surface area (Å²) in [5.74, 6) is 0. The van der Waals surface area contributed by atoms with Gasteiger partial charge in [0, 0.05) is 16.9 Å². The monoisotopic (exact) mass is 665 g/mol. The van der Waals surface area contributed by atoms with Crippen molar-refractivity contribution in [3.05, 3.63) is 234 Å². The summed E-state index contributed by atoms with van der Waals surface area (Å²) in [6.07, 6.45) is 0. The van der Waals surface area contributed by atoms with Gasteiger partial charge in [-0.05, 0) is 105 Å². The van der Waals surface area contributed by atoms with Crippen LogP contribution < -0.4 is 4.90 Å². The predicted molar refractivity (Wildman–Crippen MR) is 219 cm³/mol. The number of nitrogens with zero attached hydrogens (tertiary/aromatic N) is 1. The molecule has 8 aromatic carbocycles. The second-order valence-corrected chi connectivity index (χ2v) is 13.8. The second-order valence-electron chi connectivity index (χ2n) is 13.8. The normalized spacial score (nSPS) is 12.6. The van der Waals surface area contributed by atoms with E-state index in [-0.39, 0.29) is 0 Å². The number of fused-ring (bicyclic) bond motifs is 3. The molecule has 0 aromatic heterocycles. The van der Waals surface area contributed by atoms with E-state index < -0.39 is 5.41 Å². The fraction of sp³-hybridized carbons (Fsp3) is 0.0588. The van der Waals surface area contributed by atoms with Crippen LogP contribution in [0.1, 0.15) is 33.4 Å². The van der Waals surface area contributed by atoms with Gasteiger partial charge in [0.15, 0.2) is 0 Å². The fourth-order valence-corrected chi connectivity index (χ4v) is 8.49.